The normalized spacial score (nSPS) is 22.7. The van der Waals surface area contributed by atoms with Crippen LogP contribution in [0.4, 0.5) is 0 Å². The van der Waals surface area contributed by atoms with Crippen LogP contribution in [0.2, 0.25) is 0 Å². The first kappa shape index (κ1) is 14.0. The molecule has 1 atom stereocenters. The largest absolute Gasteiger partial charge is 0.330 e. The van der Waals surface area contributed by atoms with Crippen molar-refractivity contribution in [1.82, 2.24) is 4.90 Å². The third kappa shape index (κ3) is 3.46. The number of hydrogen-bond acceptors (Lipinski definition) is 2. The van der Waals surface area contributed by atoms with Gasteiger partial charge in [-0.3, -0.25) is 0 Å². The van der Waals surface area contributed by atoms with Crippen LogP contribution in [0.25, 0.3) is 0 Å². The second-order valence-corrected chi connectivity index (χ2v) is 6.16. The van der Waals surface area contributed by atoms with Gasteiger partial charge in [-0.1, -0.05) is 33.1 Å². The van der Waals surface area contributed by atoms with Crippen molar-refractivity contribution in [1.29, 1.82) is 0 Å². The zero-order valence-electron chi connectivity index (χ0n) is 11.6. The third-order valence-corrected chi connectivity index (χ3v) is 4.59. The van der Waals surface area contributed by atoms with Crippen molar-refractivity contribution in [3.05, 3.63) is 0 Å². The van der Waals surface area contributed by atoms with E-state index in [1.54, 1.807) is 0 Å². The Balaban J connectivity index is 2.54. The van der Waals surface area contributed by atoms with Crippen molar-refractivity contribution in [2.45, 2.75) is 58.9 Å². The quantitative estimate of drug-likeness (QED) is 0.781. The highest BCUT2D eigenvalue weighted by Gasteiger charge is 2.32. The Morgan fingerprint density at radius 3 is 2.12 bits per heavy atom. The number of hydrogen-bond donors (Lipinski definition) is 1. The van der Waals surface area contributed by atoms with Gasteiger partial charge >= 0.3 is 0 Å². The van der Waals surface area contributed by atoms with Gasteiger partial charge in [0.1, 0.15) is 0 Å². The second kappa shape index (κ2) is 6.02. The molecule has 0 bridgehead atoms. The molecule has 0 saturated heterocycles. The maximum absolute atomic E-state index is 6.04. The molecule has 1 saturated carbocycles. The Bertz CT molecular complexity index is 195. The van der Waals surface area contributed by atoms with Crippen molar-refractivity contribution >= 4 is 0 Å². The average Bonchev–Trinajstić information content (AvgIpc) is 2.29. The van der Waals surface area contributed by atoms with Gasteiger partial charge in [-0.05, 0) is 44.7 Å². The second-order valence-electron chi connectivity index (χ2n) is 6.16. The molecule has 2 nitrogen and oxygen atoms in total. The number of nitrogens with two attached hydrogens (primary N) is 1. The van der Waals surface area contributed by atoms with Crippen molar-refractivity contribution in [2.75, 3.05) is 20.1 Å². The molecule has 0 radical (unpaired) electrons. The van der Waals surface area contributed by atoms with Crippen LogP contribution in [0, 0.1) is 11.3 Å². The lowest BCUT2D eigenvalue weighted by atomic mass is 9.73. The average molecular weight is 226 g/mol. The summed E-state index contributed by atoms with van der Waals surface area (Å²) < 4.78 is 0. The minimum absolute atomic E-state index is 0.413. The summed E-state index contributed by atoms with van der Waals surface area (Å²) in [5.74, 6) is 0.725. The molecule has 1 aliphatic carbocycles. The monoisotopic (exact) mass is 226 g/mol. The number of rotatable bonds is 5. The molecule has 96 valence electrons. The van der Waals surface area contributed by atoms with Crippen LogP contribution in [0.5, 0.6) is 0 Å². The molecule has 1 rings (SSSR count). The minimum atomic E-state index is 0.413. The van der Waals surface area contributed by atoms with Gasteiger partial charge < -0.3 is 10.6 Å². The highest BCUT2D eigenvalue weighted by atomic mass is 15.1. The van der Waals surface area contributed by atoms with Crippen molar-refractivity contribution in [3.8, 4) is 0 Å². The molecule has 0 aliphatic heterocycles. The van der Waals surface area contributed by atoms with E-state index in [0.29, 0.717) is 11.5 Å². The molecule has 0 spiro atoms. The summed E-state index contributed by atoms with van der Waals surface area (Å²) in [6.45, 7) is 8.98. The highest BCUT2D eigenvalue weighted by molar-refractivity contribution is 4.87. The molecule has 0 heterocycles. The molecule has 0 aromatic heterocycles. The molecular weight excluding hydrogens is 196 g/mol. The Labute approximate surface area is 102 Å². The molecule has 2 N–H and O–H groups in total. The SMILES string of the molecule is CC(C)C(C)N(C)CC1(CN)CCCCC1. The first-order chi connectivity index (χ1) is 7.51. The van der Waals surface area contributed by atoms with Gasteiger partial charge in [0, 0.05) is 12.6 Å². The fourth-order valence-electron chi connectivity index (χ4n) is 2.91. The minimum Gasteiger partial charge on any atom is -0.330 e. The summed E-state index contributed by atoms with van der Waals surface area (Å²) in [4.78, 5) is 2.52. The van der Waals surface area contributed by atoms with Gasteiger partial charge in [-0.25, -0.2) is 0 Å². The van der Waals surface area contributed by atoms with Gasteiger partial charge in [0.25, 0.3) is 0 Å². The van der Waals surface area contributed by atoms with Gasteiger partial charge in [0.05, 0.1) is 0 Å². The van der Waals surface area contributed by atoms with Crippen molar-refractivity contribution < 1.29 is 0 Å². The van der Waals surface area contributed by atoms with Gasteiger partial charge in [0.15, 0.2) is 0 Å². The molecule has 0 aromatic carbocycles. The van der Waals surface area contributed by atoms with Gasteiger partial charge in [-0.15, -0.1) is 0 Å². The van der Waals surface area contributed by atoms with E-state index in [4.69, 9.17) is 5.73 Å². The molecule has 2 heteroatoms. The topological polar surface area (TPSA) is 29.3 Å². The summed E-state index contributed by atoms with van der Waals surface area (Å²) in [7, 11) is 2.26. The molecule has 1 fully saturated rings. The lowest BCUT2D eigenvalue weighted by molar-refractivity contribution is 0.0911. The molecule has 16 heavy (non-hydrogen) atoms. The third-order valence-electron chi connectivity index (χ3n) is 4.59. The van der Waals surface area contributed by atoms with Crippen LogP contribution in [0.1, 0.15) is 52.9 Å². The lowest BCUT2D eigenvalue weighted by Gasteiger charge is -2.41. The smallest absolute Gasteiger partial charge is 0.00871 e. The Kier molecular flexibility index (Phi) is 5.26. The maximum atomic E-state index is 6.04. The molecule has 1 aliphatic rings. The zero-order valence-corrected chi connectivity index (χ0v) is 11.6. The Hall–Kier alpha value is -0.0800. The predicted molar refractivity (Wildman–Crippen MR) is 71.5 cm³/mol. The summed E-state index contributed by atoms with van der Waals surface area (Å²) in [6.07, 6.45) is 6.82. The predicted octanol–water partition coefficient (Wildman–Crippen LogP) is 2.87. The summed E-state index contributed by atoms with van der Waals surface area (Å²) in [5, 5.41) is 0. The van der Waals surface area contributed by atoms with E-state index in [2.05, 4.69) is 32.7 Å². The highest BCUT2D eigenvalue weighted by Crippen LogP contribution is 2.36. The zero-order chi connectivity index (χ0) is 12.2. The molecule has 0 amide bonds. The first-order valence-corrected chi connectivity index (χ1v) is 6.91. The van der Waals surface area contributed by atoms with E-state index >= 15 is 0 Å². The number of nitrogens with zero attached hydrogens (tertiary/aromatic N) is 1. The summed E-state index contributed by atoms with van der Waals surface area (Å²) in [6, 6.07) is 0.658. The fourth-order valence-corrected chi connectivity index (χ4v) is 2.91. The molecule has 0 aromatic rings. The van der Waals surface area contributed by atoms with Crippen molar-refractivity contribution in [3.63, 3.8) is 0 Å². The molecule has 1 unspecified atom stereocenters. The van der Waals surface area contributed by atoms with Gasteiger partial charge in [-0.2, -0.15) is 0 Å². The molecular formula is C14H30N2. The Morgan fingerprint density at radius 2 is 1.69 bits per heavy atom. The first-order valence-electron chi connectivity index (χ1n) is 6.91. The van der Waals surface area contributed by atoms with E-state index in [9.17, 15) is 0 Å². The van der Waals surface area contributed by atoms with Crippen LogP contribution in [0.3, 0.4) is 0 Å². The van der Waals surface area contributed by atoms with E-state index in [0.717, 1.165) is 12.5 Å². The van der Waals surface area contributed by atoms with Gasteiger partial charge in [0.2, 0.25) is 0 Å². The Morgan fingerprint density at radius 1 is 1.12 bits per heavy atom. The van der Waals surface area contributed by atoms with Crippen LogP contribution in [-0.2, 0) is 0 Å². The van der Waals surface area contributed by atoms with E-state index in [1.807, 2.05) is 0 Å². The van der Waals surface area contributed by atoms with E-state index in [-0.39, 0.29) is 0 Å². The summed E-state index contributed by atoms with van der Waals surface area (Å²) >= 11 is 0. The fraction of sp³-hybridized carbons (Fsp3) is 1.00. The van der Waals surface area contributed by atoms with E-state index in [1.165, 1.54) is 38.6 Å². The van der Waals surface area contributed by atoms with Crippen LogP contribution in [-0.4, -0.2) is 31.1 Å². The maximum Gasteiger partial charge on any atom is 0.00871 e. The van der Waals surface area contributed by atoms with Crippen LogP contribution >= 0.6 is 0 Å². The van der Waals surface area contributed by atoms with Crippen LogP contribution in [0.15, 0.2) is 0 Å². The van der Waals surface area contributed by atoms with Crippen LogP contribution < -0.4 is 5.73 Å². The lowest BCUT2D eigenvalue weighted by Crippen LogP contribution is -2.46. The summed E-state index contributed by atoms with van der Waals surface area (Å²) in [5.41, 5.74) is 6.45. The van der Waals surface area contributed by atoms with Crippen molar-refractivity contribution in [2.24, 2.45) is 17.1 Å². The standard InChI is InChI=1S/C14H30N2/c1-12(2)13(3)16(4)11-14(10-15)8-6-5-7-9-14/h12-13H,5-11,15H2,1-4H3. The van der Waals surface area contributed by atoms with E-state index < -0.39 is 0 Å².